The number of aliphatic imine (C=N–C) groups is 1. The molecule has 1 aliphatic heterocycles. The Bertz CT molecular complexity index is 1700. The minimum absolute atomic E-state index is 0.216. The molecule has 0 saturated carbocycles. The number of amidine groups is 1. The number of carbonyl (C=O) groups excluding carboxylic acids is 1. The number of thioether (sulfide) groups is 1. The lowest BCUT2D eigenvalue weighted by molar-refractivity contribution is -0.113. The highest BCUT2D eigenvalue weighted by molar-refractivity contribution is 8.19. The molecule has 4 aromatic carbocycles. The lowest BCUT2D eigenvalue weighted by Gasteiger charge is -2.16. The van der Waals surface area contributed by atoms with Gasteiger partial charge in [0.25, 0.3) is 5.91 Å². The zero-order valence-electron chi connectivity index (χ0n) is 22.5. The van der Waals surface area contributed by atoms with Crippen molar-refractivity contribution in [2.45, 2.75) is 20.5 Å². The first-order chi connectivity index (χ1) is 19.7. The largest absolute Gasteiger partial charge is 0.493 e. The molecule has 41 heavy (non-hydrogen) atoms. The van der Waals surface area contributed by atoms with Gasteiger partial charge in [-0.1, -0.05) is 65.1 Å². The number of aryl methyl sites for hydroxylation is 2. The average molecular weight is 624 g/mol. The Labute approximate surface area is 258 Å². The van der Waals surface area contributed by atoms with Gasteiger partial charge < -0.3 is 9.47 Å². The highest BCUT2D eigenvalue weighted by atomic mass is 35.5. The Morgan fingerprint density at radius 1 is 0.878 bits per heavy atom. The van der Waals surface area contributed by atoms with Gasteiger partial charge in [0.1, 0.15) is 6.61 Å². The molecular formula is C32H25Cl3N2O3S. The van der Waals surface area contributed by atoms with Crippen LogP contribution >= 0.6 is 46.6 Å². The van der Waals surface area contributed by atoms with Crippen LogP contribution in [0.1, 0.15) is 22.3 Å². The fraction of sp³-hybridized carbons (Fsp3) is 0.125. The number of ether oxygens (including phenoxy) is 2. The first kappa shape index (κ1) is 29.1. The molecule has 1 aliphatic rings. The molecule has 4 aromatic rings. The number of nitrogens with zero attached hydrogens (tertiary/aromatic N) is 2. The molecule has 1 fully saturated rings. The third-order valence-electron chi connectivity index (χ3n) is 6.37. The smallest absolute Gasteiger partial charge is 0.271 e. The van der Waals surface area contributed by atoms with E-state index in [2.05, 4.69) is 0 Å². The molecule has 5 nitrogen and oxygen atoms in total. The number of carbonyl (C=O) groups is 1. The summed E-state index contributed by atoms with van der Waals surface area (Å²) in [7, 11) is 1.58. The molecule has 5 rings (SSSR count). The monoisotopic (exact) mass is 622 g/mol. The Morgan fingerprint density at radius 3 is 2.34 bits per heavy atom. The quantitative estimate of drug-likeness (QED) is 0.192. The summed E-state index contributed by atoms with van der Waals surface area (Å²) < 4.78 is 11.6. The van der Waals surface area contributed by atoms with Crippen molar-refractivity contribution >= 4 is 75.1 Å². The van der Waals surface area contributed by atoms with Crippen molar-refractivity contribution < 1.29 is 14.3 Å². The Kier molecular flexibility index (Phi) is 8.95. The van der Waals surface area contributed by atoms with Gasteiger partial charge in [-0.2, -0.15) is 0 Å². The van der Waals surface area contributed by atoms with Crippen molar-refractivity contribution in [2.75, 3.05) is 12.0 Å². The highest BCUT2D eigenvalue weighted by Crippen LogP contribution is 2.39. The minimum Gasteiger partial charge on any atom is -0.493 e. The fourth-order valence-corrected chi connectivity index (χ4v) is 5.65. The van der Waals surface area contributed by atoms with Gasteiger partial charge in [-0.25, -0.2) is 4.99 Å². The predicted molar refractivity (Wildman–Crippen MR) is 171 cm³/mol. The van der Waals surface area contributed by atoms with Crippen LogP contribution in [0.25, 0.3) is 6.08 Å². The molecule has 0 unspecified atom stereocenters. The summed E-state index contributed by atoms with van der Waals surface area (Å²) in [5.41, 5.74) is 4.84. The summed E-state index contributed by atoms with van der Waals surface area (Å²) in [4.78, 5) is 20.6. The lowest BCUT2D eigenvalue weighted by atomic mass is 10.1. The molecule has 0 spiro atoms. The van der Waals surface area contributed by atoms with E-state index in [1.165, 1.54) is 11.8 Å². The Balaban J connectivity index is 1.47. The molecule has 0 aromatic heterocycles. The molecule has 1 amide bonds. The molecule has 0 radical (unpaired) electrons. The fourth-order valence-electron chi connectivity index (χ4n) is 4.09. The van der Waals surface area contributed by atoms with E-state index in [0.29, 0.717) is 54.6 Å². The zero-order valence-corrected chi connectivity index (χ0v) is 25.5. The van der Waals surface area contributed by atoms with Crippen LogP contribution in [0.4, 0.5) is 11.4 Å². The predicted octanol–water partition coefficient (Wildman–Crippen LogP) is 9.66. The van der Waals surface area contributed by atoms with E-state index in [1.54, 1.807) is 24.1 Å². The number of amides is 1. The first-order valence-electron chi connectivity index (χ1n) is 12.6. The molecule has 0 aliphatic carbocycles. The topological polar surface area (TPSA) is 51.1 Å². The van der Waals surface area contributed by atoms with Crippen molar-refractivity contribution in [3.63, 3.8) is 0 Å². The molecule has 208 valence electrons. The third kappa shape index (κ3) is 6.74. The number of hydrogen-bond acceptors (Lipinski definition) is 5. The SMILES string of the molecule is COc1cc(/C=C2/SC(=Nc3ccc(C)c(Cl)c3)N(c3ccc(C)c(Cl)c3)C2=O)ccc1OCc1cccc(Cl)c1. The summed E-state index contributed by atoms with van der Waals surface area (Å²) in [5.74, 6) is 0.906. The van der Waals surface area contributed by atoms with Crippen LogP contribution in [0.15, 0.2) is 88.8 Å². The molecule has 9 heteroatoms. The number of halogens is 3. The minimum atomic E-state index is -0.216. The van der Waals surface area contributed by atoms with Crippen molar-refractivity contribution in [3.05, 3.63) is 121 Å². The number of methoxy groups -OCH3 is 1. The van der Waals surface area contributed by atoms with Gasteiger partial charge in [0.05, 0.1) is 23.4 Å². The van der Waals surface area contributed by atoms with Gasteiger partial charge in [0.15, 0.2) is 16.7 Å². The second kappa shape index (κ2) is 12.6. The second-order valence-electron chi connectivity index (χ2n) is 9.34. The van der Waals surface area contributed by atoms with E-state index < -0.39 is 0 Å². The van der Waals surface area contributed by atoms with Crippen LogP contribution in [0.3, 0.4) is 0 Å². The van der Waals surface area contributed by atoms with E-state index in [9.17, 15) is 4.79 Å². The van der Waals surface area contributed by atoms with E-state index in [0.717, 1.165) is 22.3 Å². The van der Waals surface area contributed by atoms with Gasteiger partial charge in [0, 0.05) is 15.1 Å². The van der Waals surface area contributed by atoms with Crippen LogP contribution in [-0.4, -0.2) is 18.2 Å². The number of hydrogen-bond donors (Lipinski definition) is 0. The van der Waals surface area contributed by atoms with Crippen LogP contribution in [0, 0.1) is 13.8 Å². The van der Waals surface area contributed by atoms with Crippen molar-refractivity contribution in [1.29, 1.82) is 0 Å². The summed E-state index contributed by atoms with van der Waals surface area (Å²) in [5, 5.41) is 2.31. The lowest BCUT2D eigenvalue weighted by Crippen LogP contribution is -2.28. The summed E-state index contributed by atoms with van der Waals surface area (Å²) >= 11 is 20.1. The van der Waals surface area contributed by atoms with Gasteiger partial charge >= 0.3 is 0 Å². The normalized spacial score (nSPS) is 15.2. The average Bonchev–Trinajstić information content (AvgIpc) is 3.25. The van der Waals surface area contributed by atoms with Crippen LogP contribution in [0.5, 0.6) is 11.5 Å². The molecular weight excluding hydrogens is 599 g/mol. The molecule has 0 N–H and O–H groups in total. The number of rotatable bonds is 7. The van der Waals surface area contributed by atoms with Gasteiger partial charge in [-0.15, -0.1) is 0 Å². The van der Waals surface area contributed by atoms with E-state index in [4.69, 9.17) is 49.3 Å². The van der Waals surface area contributed by atoms with E-state index in [-0.39, 0.29) is 5.91 Å². The molecule has 0 bridgehead atoms. The van der Waals surface area contributed by atoms with Gasteiger partial charge in [-0.05, 0) is 102 Å². The molecule has 1 saturated heterocycles. The van der Waals surface area contributed by atoms with Crippen molar-refractivity contribution in [3.8, 4) is 11.5 Å². The van der Waals surface area contributed by atoms with E-state index in [1.807, 2.05) is 86.7 Å². The summed E-state index contributed by atoms with van der Waals surface area (Å²) in [6.07, 6.45) is 1.81. The van der Waals surface area contributed by atoms with Crippen LogP contribution < -0.4 is 14.4 Å². The first-order valence-corrected chi connectivity index (χ1v) is 14.6. The second-order valence-corrected chi connectivity index (χ2v) is 11.6. The maximum Gasteiger partial charge on any atom is 0.271 e. The van der Waals surface area contributed by atoms with Crippen molar-refractivity contribution in [2.24, 2.45) is 4.99 Å². The van der Waals surface area contributed by atoms with Crippen LogP contribution in [0.2, 0.25) is 15.1 Å². The highest BCUT2D eigenvalue weighted by Gasteiger charge is 2.35. The summed E-state index contributed by atoms with van der Waals surface area (Å²) in [6, 6.07) is 24.1. The molecule has 1 heterocycles. The third-order valence-corrected chi connectivity index (χ3v) is 8.39. The zero-order chi connectivity index (χ0) is 29.1. The Morgan fingerprint density at radius 2 is 1.63 bits per heavy atom. The standard InChI is InChI=1S/C32H25Cl3N2O3S/c1-19-7-10-24(16-26(19)34)36-32-37(25-11-8-20(2)27(35)17-25)31(38)30(41-32)15-21-9-12-28(29(14-21)39-3)40-18-22-5-4-6-23(33)13-22/h4-17H,18H2,1-3H3/b30-15+,36-32?. The summed E-state index contributed by atoms with van der Waals surface area (Å²) in [6.45, 7) is 4.18. The molecule has 0 atom stereocenters. The van der Waals surface area contributed by atoms with Crippen LogP contribution in [-0.2, 0) is 11.4 Å². The Hall–Kier alpha value is -3.42. The van der Waals surface area contributed by atoms with Gasteiger partial charge in [-0.3, -0.25) is 9.69 Å². The maximum atomic E-state index is 13.8. The number of benzene rings is 4. The van der Waals surface area contributed by atoms with Gasteiger partial charge in [0.2, 0.25) is 0 Å². The maximum absolute atomic E-state index is 13.8. The van der Waals surface area contributed by atoms with Crippen molar-refractivity contribution in [1.82, 2.24) is 0 Å². The van der Waals surface area contributed by atoms with E-state index >= 15 is 0 Å². The number of anilines is 1.